The lowest BCUT2D eigenvalue weighted by molar-refractivity contribution is 0.310. The van der Waals surface area contributed by atoms with Crippen LogP contribution in [0.2, 0.25) is 0 Å². The predicted octanol–water partition coefficient (Wildman–Crippen LogP) is 2.67. The highest BCUT2D eigenvalue weighted by molar-refractivity contribution is 7.07. The lowest BCUT2D eigenvalue weighted by Gasteiger charge is -2.18. The first kappa shape index (κ1) is 14.6. The van der Waals surface area contributed by atoms with Gasteiger partial charge in [-0.3, -0.25) is 10.3 Å². The van der Waals surface area contributed by atoms with Gasteiger partial charge in [0, 0.05) is 24.2 Å². The highest BCUT2D eigenvalue weighted by Crippen LogP contribution is 2.22. The van der Waals surface area contributed by atoms with E-state index in [2.05, 4.69) is 28.8 Å². The second kappa shape index (κ2) is 6.54. The van der Waals surface area contributed by atoms with Crippen LogP contribution in [0.3, 0.4) is 0 Å². The van der Waals surface area contributed by atoms with Crippen LogP contribution in [0.1, 0.15) is 16.7 Å². The van der Waals surface area contributed by atoms with Crippen molar-refractivity contribution in [1.29, 1.82) is 5.41 Å². The minimum absolute atomic E-state index is 0.0781. The minimum Gasteiger partial charge on any atom is -0.496 e. The maximum atomic E-state index is 7.53. The van der Waals surface area contributed by atoms with Gasteiger partial charge >= 0.3 is 0 Å². The molecule has 1 aromatic carbocycles. The fourth-order valence-corrected chi connectivity index (χ4v) is 2.77. The molecule has 106 valence electrons. The summed E-state index contributed by atoms with van der Waals surface area (Å²) in [6.07, 6.45) is 0. The zero-order chi connectivity index (χ0) is 14.5. The Morgan fingerprint density at radius 1 is 1.35 bits per heavy atom. The Hall–Kier alpha value is -1.85. The molecule has 2 aromatic rings. The SMILES string of the molecule is COc1ccc(C(=N)N)cc1CN(C)Cc1ccsc1. The standard InChI is InChI=1S/C15H19N3OS/c1-18(8-11-5-6-20-10-11)9-13-7-12(15(16)17)3-4-14(13)19-2/h3-7,10H,8-9H2,1-2H3,(H3,16,17). The molecule has 1 aromatic heterocycles. The zero-order valence-corrected chi connectivity index (χ0v) is 12.5. The molecule has 3 N–H and O–H groups in total. The molecule has 2 rings (SSSR count). The van der Waals surface area contributed by atoms with Crippen molar-refractivity contribution in [2.24, 2.45) is 5.73 Å². The van der Waals surface area contributed by atoms with E-state index >= 15 is 0 Å². The van der Waals surface area contributed by atoms with Gasteiger partial charge in [-0.15, -0.1) is 0 Å². The molecule has 0 bridgehead atoms. The number of nitrogens with zero attached hydrogens (tertiary/aromatic N) is 1. The van der Waals surface area contributed by atoms with Crippen molar-refractivity contribution in [2.45, 2.75) is 13.1 Å². The molecule has 20 heavy (non-hydrogen) atoms. The Morgan fingerprint density at radius 2 is 2.15 bits per heavy atom. The summed E-state index contributed by atoms with van der Waals surface area (Å²) in [5.41, 5.74) is 8.62. The third-order valence-electron chi connectivity index (χ3n) is 3.06. The smallest absolute Gasteiger partial charge is 0.123 e. The molecule has 0 atom stereocenters. The fraction of sp³-hybridized carbons (Fsp3) is 0.267. The summed E-state index contributed by atoms with van der Waals surface area (Å²) in [6.45, 7) is 1.64. The van der Waals surface area contributed by atoms with Crippen LogP contribution in [0.4, 0.5) is 0 Å². The van der Waals surface area contributed by atoms with Gasteiger partial charge in [0.25, 0.3) is 0 Å². The van der Waals surface area contributed by atoms with Crippen molar-refractivity contribution >= 4 is 17.2 Å². The molecular weight excluding hydrogens is 270 g/mol. The average Bonchev–Trinajstić information content (AvgIpc) is 2.91. The van der Waals surface area contributed by atoms with E-state index in [1.54, 1.807) is 18.4 Å². The summed E-state index contributed by atoms with van der Waals surface area (Å²) in [6, 6.07) is 7.73. The molecule has 0 aliphatic rings. The van der Waals surface area contributed by atoms with Gasteiger partial charge < -0.3 is 10.5 Å². The van der Waals surface area contributed by atoms with Gasteiger partial charge in [-0.25, -0.2) is 0 Å². The van der Waals surface area contributed by atoms with E-state index in [0.29, 0.717) is 0 Å². The lowest BCUT2D eigenvalue weighted by atomic mass is 10.1. The molecule has 0 aliphatic heterocycles. The molecule has 0 aliphatic carbocycles. The number of rotatable bonds is 6. The molecule has 1 heterocycles. The monoisotopic (exact) mass is 289 g/mol. The Morgan fingerprint density at radius 3 is 2.75 bits per heavy atom. The second-order valence-electron chi connectivity index (χ2n) is 4.74. The van der Waals surface area contributed by atoms with Crippen LogP contribution in [0.15, 0.2) is 35.0 Å². The van der Waals surface area contributed by atoms with E-state index in [1.165, 1.54) is 5.56 Å². The van der Waals surface area contributed by atoms with Gasteiger partial charge in [0.1, 0.15) is 11.6 Å². The van der Waals surface area contributed by atoms with Crippen LogP contribution in [-0.4, -0.2) is 24.9 Å². The van der Waals surface area contributed by atoms with Gasteiger partial charge in [-0.05, 0) is 47.6 Å². The van der Waals surface area contributed by atoms with Crippen molar-refractivity contribution < 1.29 is 4.74 Å². The third kappa shape index (κ3) is 3.59. The first-order chi connectivity index (χ1) is 9.60. The summed E-state index contributed by atoms with van der Waals surface area (Å²) in [4.78, 5) is 2.21. The maximum Gasteiger partial charge on any atom is 0.123 e. The van der Waals surface area contributed by atoms with Crippen LogP contribution in [0.5, 0.6) is 5.75 Å². The molecule has 0 spiro atoms. The van der Waals surface area contributed by atoms with Crippen LogP contribution in [-0.2, 0) is 13.1 Å². The highest BCUT2D eigenvalue weighted by Gasteiger charge is 2.09. The van der Waals surface area contributed by atoms with Crippen LogP contribution < -0.4 is 10.5 Å². The van der Waals surface area contributed by atoms with Crippen molar-refractivity contribution in [3.05, 3.63) is 51.7 Å². The summed E-state index contributed by atoms with van der Waals surface area (Å²) in [5.74, 6) is 0.904. The minimum atomic E-state index is 0.0781. The largest absolute Gasteiger partial charge is 0.496 e. The predicted molar refractivity (Wildman–Crippen MR) is 83.5 cm³/mol. The molecule has 0 amide bonds. The Bertz CT molecular complexity index is 581. The highest BCUT2D eigenvalue weighted by atomic mass is 32.1. The van der Waals surface area contributed by atoms with E-state index in [9.17, 15) is 0 Å². The third-order valence-corrected chi connectivity index (χ3v) is 3.80. The number of benzene rings is 1. The molecule has 0 fully saturated rings. The lowest BCUT2D eigenvalue weighted by Crippen LogP contribution is -2.18. The Labute approximate surface area is 123 Å². The number of methoxy groups -OCH3 is 1. The summed E-state index contributed by atoms with van der Waals surface area (Å²) in [7, 11) is 3.72. The number of nitrogen functional groups attached to an aromatic ring is 1. The van der Waals surface area contributed by atoms with E-state index in [1.807, 2.05) is 18.2 Å². The van der Waals surface area contributed by atoms with Gasteiger partial charge in [0.2, 0.25) is 0 Å². The van der Waals surface area contributed by atoms with Crippen molar-refractivity contribution in [3.63, 3.8) is 0 Å². The van der Waals surface area contributed by atoms with Gasteiger partial charge in [-0.1, -0.05) is 0 Å². The molecule has 5 heteroatoms. The average molecular weight is 289 g/mol. The van der Waals surface area contributed by atoms with E-state index < -0.39 is 0 Å². The van der Waals surface area contributed by atoms with Crippen molar-refractivity contribution in [3.8, 4) is 5.75 Å². The number of hydrogen-bond donors (Lipinski definition) is 2. The van der Waals surface area contributed by atoms with Gasteiger partial charge in [0.05, 0.1) is 7.11 Å². The van der Waals surface area contributed by atoms with Gasteiger partial charge in [0.15, 0.2) is 0 Å². The quantitative estimate of drug-likeness (QED) is 0.635. The summed E-state index contributed by atoms with van der Waals surface area (Å²) in [5, 5.41) is 11.8. The van der Waals surface area contributed by atoms with Crippen LogP contribution in [0, 0.1) is 5.41 Å². The topological polar surface area (TPSA) is 62.3 Å². The van der Waals surface area contributed by atoms with E-state index in [-0.39, 0.29) is 5.84 Å². The number of ether oxygens (including phenoxy) is 1. The first-order valence-corrected chi connectivity index (χ1v) is 7.25. The van der Waals surface area contributed by atoms with Crippen LogP contribution >= 0.6 is 11.3 Å². The zero-order valence-electron chi connectivity index (χ0n) is 11.7. The number of nitrogens with two attached hydrogens (primary N) is 1. The molecule has 0 radical (unpaired) electrons. The van der Waals surface area contributed by atoms with Crippen LogP contribution in [0.25, 0.3) is 0 Å². The molecule has 4 nitrogen and oxygen atoms in total. The summed E-state index contributed by atoms with van der Waals surface area (Å²) >= 11 is 1.71. The molecule has 0 saturated heterocycles. The fourth-order valence-electron chi connectivity index (χ4n) is 2.11. The van der Waals surface area contributed by atoms with E-state index in [0.717, 1.165) is 30.0 Å². The van der Waals surface area contributed by atoms with Crippen molar-refractivity contribution in [2.75, 3.05) is 14.2 Å². The maximum absolute atomic E-state index is 7.53. The Kier molecular flexibility index (Phi) is 4.76. The number of hydrogen-bond acceptors (Lipinski definition) is 4. The van der Waals surface area contributed by atoms with E-state index in [4.69, 9.17) is 15.9 Å². The number of amidine groups is 1. The molecular formula is C15H19N3OS. The number of thiophene rings is 1. The van der Waals surface area contributed by atoms with Gasteiger partial charge in [-0.2, -0.15) is 11.3 Å². The molecule has 0 saturated carbocycles. The molecule has 0 unspecified atom stereocenters. The second-order valence-corrected chi connectivity index (χ2v) is 5.52. The van der Waals surface area contributed by atoms with Crippen molar-refractivity contribution in [1.82, 2.24) is 4.90 Å². The first-order valence-electron chi connectivity index (χ1n) is 6.31. The Balaban J connectivity index is 2.14. The normalized spacial score (nSPS) is 10.8. The number of nitrogens with one attached hydrogen (secondary N) is 1. The summed E-state index contributed by atoms with van der Waals surface area (Å²) < 4.78 is 5.38.